The van der Waals surface area contributed by atoms with Crippen molar-refractivity contribution in [3.05, 3.63) is 24.3 Å². The van der Waals surface area contributed by atoms with Crippen LogP contribution < -0.4 is 10.1 Å². The van der Waals surface area contributed by atoms with Gasteiger partial charge in [0.1, 0.15) is 5.75 Å². The van der Waals surface area contributed by atoms with Crippen LogP contribution in [0.2, 0.25) is 0 Å². The molecule has 0 bridgehead atoms. The van der Waals surface area contributed by atoms with E-state index in [4.69, 9.17) is 9.84 Å². The summed E-state index contributed by atoms with van der Waals surface area (Å²) in [4.78, 5) is 15.3. The molecule has 1 aromatic rings. The number of nitrogens with one attached hydrogen (secondary N) is 1. The number of benzene rings is 1. The van der Waals surface area contributed by atoms with Gasteiger partial charge in [0.2, 0.25) is 0 Å². The van der Waals surface area contributed by atoms with Gasteiger partial charge in [0.15, 0.2) is 6.04 Å². The molecule has 0 aliphatic heterocycles. The molecule has 0 aromatic heterocycles. The van der Waals surface area contributed by atoms with Gasteiger partial charge in [-0.15, -0.1) is 0 Å². The van der Waals surface area contributed by atoms with Crippen LogP contribution in [0.1, 0.15) is 45.4 Å². The molecule has 0 saturated carbocycles. The highest BCUT2D eigenvalue weighted by Gasteiger charge is 2.14. The van der Waals surface area contributed by atoms with Gasteiger partial charge in [-0.05, 0) is 37.4 Å². The van der Waals surface area contributed by atoms with Gasteiger partial charge >= 0.3 is 0 Å². The van der Waals surface area contributed by atoms with E-state index in [0.29, 0.717) is 12.3 Å². The van der Waals surface area contributed by atoms with E-state index in [1.54, 1.807) is 12.1 Å². The summed E-state index contributed by atoms with van der Waals surface area (Å²) in [7, 11) is 0. The molecule has 0 aliphatic rings. The lowest BCUT2D eigenvalue weighted by Gasteiger charge is -2.11. The van der Waals surface area contributed by atoms with Gasteiger partial charge in [0, 0.05) is 5.69 Å². The van der Waals surface area contributed by atoms with Crippen LogP contribution in [-0.4, -0.2) is 37.0 Å². The van der Waals surface area contributed by atoms with E-state index in [-0.39, 0.29) is 12.5 Å². The molecule has 0 radical (unpaired) electrons. The van der Waals surface area contributed by atoms with Gasteiger partial charge in [0.05, 0.1) is 13.2 Å². The minimum atomic E-state index is -0.835. The summed E-state index contributed by atoms with van der Waals surface area (Å²) < 4.78 is 5.68. The molecule has 2 N–H and O–H groups in total. The third kappa shape index (κ3) is 7.79. The number of anilines is 1. The van der Waals surface area contributed by atoms with E-state index < -0.39 is 6.04 Å². The van der Waals surface area contributed by atoms with Crippen molar-refractivity contribution in [3.63, 3.8) is 0 Å². The van der Waals surface area contributed by atoms with Gasteiger partial charge in [-0.2, -0.15) is 0 Å². The third-order valence-electron chi connectivity index (χ3n) is 3.58. The molecule has 5 heteroatoms. The fourth-order valence-electron chi connectivity index (χ4n) is 2.16. The summed E-state index contributed by atoms with van der Waals surface area (Å²) >= 11 is 0. The highest BCUT2D eigenvalue weighted by molar-refractivity contribution is 5.95. The van der Waals surface area contributed by atoms with Crippen molar-refractivity contribution in [1.82, 2.24) is 0 Å². The van der Waals surface area contributed by atoms with Crippen molar-refractivity contribution < 1.29 is 14.6 Å². The third-order valence-corrected chi connectivity index (χ3v) is 3.58. The van der Waals surface area contributed by atoms with Gasteiger partial charge in [-0.1, -0.05) is 39.0 Å². The average Bonchev–Trinajstić information content (AvgIpc) is 2.56. The number of unbranched alkanes of at least 4 members (excludes halogenated alkanes) is 5. The topological polar surface area (TPSA) is 70.9 Å². The molecule has 5 nitrogen and oxygen atoms in total. The van der Waals surface area contributed by atoms with Crippen molar-refractivity contribution in [2.24, 2.45) is 4.99 Å². The Hall–Kier alpha value is -1.88. The molecule has 0 heterocycles. The highest BCUT2D eigenvalue weighted by atomic mass is 16.5. The zero-order valence-electron chi connectivity index (χ0n) is 14.0. The van der Waals surface area contributed by atoms with Crippen LogP contribution in [0.25, 0.3) is 0 Å². The van der Waals surface area contributed by atoms with Crippen LogP contribution in [0, 0.1) is 0 Å². The van der Waals surface area contributed by atoms with Crippen molar-refractivity contribution >= 4 is 18.3 Å². The molecular weight excluding hydrogens is 292 g/mol. The van der Waals surface area contributed by atoms with E-state index in [2.05, 4.69) is 24.0 Å². The number of hydrogen-bond acceptors (Lipinski definition) is 4. The second kappa shape index (κ2) is 11.7. The number of aliphatic hydroxyl groups excluding tert-OH is 1. The lowest BCUT2D eigenvalue weighted by molar-refractivity contribution is -0.118. The number of carbonyl (C=O) groups is 1. The molecule has 1 rings (SSSR count). The number of rotatable bonds is 12. The molecule has 128 valence electrons. The van der Waals surface area contributed by atoms with Crippen molar-refractivity contribution in [3.8, 4) is 5.75 Å². The number of aliphatic hydroxyl groups is 1. The Morgan fingerprint density at radius 1 is 1.22 bits per heavy atom. The van der Waals surface area contributed by atoms with Crippen molar-refractivity contribution in [1.29, 1.82) is 0 Å². The molecule has 0 aliphatic carbocycles. The number of carbonyl (C=O) groups excluding carboxylic acids is 1. The lowest BCUT2D eigenvalue weighted by Crippen LogP contribution is -2.29. The van der Waals surface area contributed by atoms with Gasteiger partial charge < -0.3 is 15.2 Å². The quantitative estimate of drug-likeness (QED) is 0.458. The van der Waals surface area contributed by atoms with Crippen molar-refractivity contribution in [2.45, 2.75) is 51.5 Å². The summed E-state index contributed by atoms with van der Waals surface area (Å²) in [5.41, 5.74) is 0.643. The maximum absolute atomic E-state index is 11.7. The summed E-state index contributed by atoms with van der Waals surface area (Å²) in [5.74, 6) is 0.417. The molecule has 1 atom stereocenters. The van der Waals surface area contributed by atoms with Gasteiger partial charge in [0.25, 0.3) is 5.91 Å². The number of amides is 1. The number of hydrogen-bond donors (Lipinski definition) is 2. The van der Waals surface area contributed by atoms with Crippen LogP contribution in [-0.2, 0) is 4.79 Å². The molecular formula is C18H28N2O3. The molecule has 1 amide bonds. The Morgan fingerprint density at radius 3 is 2.48 bits per heavy atom. The standard InChI is InChI=1S/C18H28N2O3/c1-3-4-5-6-7-8-13-23-16-11-9-15(10-12-16)20-18(22)17(14-21)19-2/h9-12,17,21H,2-8,13-14H2,1H3,(H,20,22). The molecule has 1 unspecified atom stereocenters. The van der Waals surface area contributed by atoms with Crippen LogP contribution in [0.4, 0.5) is 5.69 Å². The number of ether oxygens (including phenoxy) is 1. The first kappa shape index (κ1) is 19.2. The molecule has 0 saturated heterocycles. The van der Waals surface area contributed by atoms with Crippen LogP contribution in [0.3, 0.4) is 0 Å². The molecule has 23 heavy (non-hydrogen) atoms. The first-order chi connectivity index (χ1) is 11.2. The maximum Gasteiger partial charge on any atom is 0.251 e. The average molecular weight is 320 g/mol. The van der Waals surface area contributed by atoms with E-state index in [0.717, 1.165) is 12.2 Å². The van der Waals surface area contributed by atoms with Gasteiger partial charge in [-0.3, -0.25) is 9.79 Å². The first-order valence-electron chi connectivity index (χ1n) is 8.31. The Balaban J connectivity index is 2.28. The minimum absolute atomic E-state index is 0.352. The van der Waals surface area contributed by atoms with E-state index in [9.17, 15) is 4.79 Å². The summed E-state index contributed by atoms with van der Waals surface area (Å²) in [6.45, 7) is 5.86. The van der Waals surface area contributed by atoms with E-state index in [1.807, 2.05) is 12.1 Å². The van der Waals surface area contributed by atoms with Crippen LogP contribution in [0.15, 0.2) is 29.3 Å². The van der Waals surface area contributed by atoms with Crippen LogP contribution in [0.5, 0.6) is 5.75 Å². The SMILES string of the molecule is C=NC(CO)C(=O)Nc1ccc(OCCCCCCCC)cc1. The predicted octanol–water partition coefficient (Wildman–Crippen LogP) is 3.43. The predicted molar refractivity (Wildman–Crippen MR) is 94.4 cm³/mol. The molecule has 0 fully saturated rings. The summed E-state index contributed by atoms with van der Waals surface area (Å²) in [6.07, 6.45) is 7.41. The molecule has 1 aromatic carbocycles. The normalized spacial score (nSPS) is 11.7. The Morgan fingerprint density at radius 2 is 1.87 bits per heavy atom. The Labute approximate surface area is 138 Å². The van der Waals surface area contributed by atoms with Crippen LogP contribution >= 0.6 is 0 Å². The second-order valence-corrected chi connectivity index (χ2v) is 5.51. The zero-order valence-corrected chi connectivity index (χ0v) is 14.0. The van der Waals surface area contributed by atoms with Gasteiger partial charge in [-0.25, -0.2) is 0 Å². The molecule has 0 spiro atoms. The summed E-state index contributed by atoms with van der Waals surface area (Å²) in [5, 5.41) is 11.7. The number of aliphatic imine (C=N–C) groups is 1. The second-order valence-electron chi connectivity index (χ2n) is 5.51. The largest absolute Gasteiger partial charge is 0.494 e. The minimum Gasteiger partial charge on any atom is -0.494 e. The highest BCUT2D eigenvalue weighted by Crippen LogP contribution is 2.16. The summed E-state index contributed by atoms with van der Waals surface area (Å²) in [6, 6.07) is 6.35. The first-order valence-corrected chi connectivity index (χ1v) is 8.31. The smallest absolute Gasteiger partial charge is 0.251 e. The fourth-order valence-corrected chi connectivity index (χ4v) is 2.16. The van der Waals surface area contributed by atoms with E-state index in [1.165, 1.54) is 32.1 Å². The zero-order chi connectivity index (χ0) is 16.9. The number of nitrogens with zero attached hydrogens (tertiary/aromatic N) is 1. The Bertz CT molecular complexity index is 460. The lowest BCUT2D eigenvalue weighted by atomic mass is 10.1. The van der Waals surface area contributed by atoms with Crippen molar-refractivity contribution in [2.75, 3.05) is 18.5 Å². The fraction of sp³-hybridized carbons (Fsp3) is 0.556. The van der Waals surface area contributed by atoms with E-state index >= 15 is 0 Å². The Kier molecular flexibility index (Phi) is 9.71. The monoisotopic (exact) mass is 320 g/mol. The maximum atomic E-state index is 11.7.